The molecule has 3 nitrogen and oxygen atoms in total. The zero-order valence-electron chi connectivity index (χ0n) is 15.1. The number of nitrogens with zero attached hydrogens (tertiary/aromatic N) is 1. The van der Waals surface area contributed by atoms with E-state index in [2.05, 4.69) is 46.8 Å². The Morgan fingerprint density at radius 1 is 1.33 bits per heavy atom. The van der Waals surface area contributed by atoms with Crippen LogP contribution in [0, 0.1) is 5.92 Å². The summed E-state index contributed by atoms with van der Waals surface area (Å²) >= 11 is 3.51. The van der Waals surface area contributed by atoms with Crippen LogP contribution in [0.15, 0.2) is 28.7 Å². The quantitative estimate of drug-likeness (QED) is 0.602. The molecule has 1 aliphatic rings. The first-order chi connectivity index (χ1) is 11.3. The maximum absolute atomic E-state index is 12.5. The summed E-state index contributed by atoms with van der Waals surface area (Å²) in [6.45, 7) is 2.11. The van der Waals surface area contributed by atoms with Gasteiger partial charge >= 0.3 is 6.09 Å². The molecule has 24 heavy (non-hydrogen) atoms. The fourth-order valence-corrected chi connectivity index (χ4v) is 3.70. The Balaban J connectivity index is 1.87. The van der Waals surface area contributed by atoms with E-state index in [9.17, 15) is 4.79 Å². The predicted octanol–water partition coefficient (Wildman–Crippen LogP) is 4.92. The minimum Gasteiger partial charge on any atom is -0.449 e. The van der Waals surface area contributed by atoms with E-state index in [1.54, 1.807) is 0 Å². The van der Waals surface area contributed by atoms with Crippen LogP contribution in [0.5, 0.6) is 0 Å². The Morgan fingerprint density at radius 2 is 2.08 bits per heavy atom. The van der Waals surface area contributed by atoms with Crippen LogP contribution in [-0.4, -0.2) is 55.2 Å². The standard InChI is InChI=1S/C19H30BrNO2S/c1-24(2,3)13-12-23-19(22)21(15-17-7-4-8-17)11-10-16-6-5-9-18(20)14-16/h5-6,9,14,17H,4,7-8,10-13,15H2,1-3H3. The third-order valence-electron chi connectivity index (χ3n) is 4.44. The molecular weight excluding hydrogens is 386 g/mol. The zero-order chi connectivity index (χ0) is 17.6. The molecule has 136 valence electrons. The molecule has 0 saturated heterocycles. The second-order valence-electron chi connectivity index (χ2n) is 7.53. The maximum Gasteiger partial charge on any atom is 0.409 e. The van der Waals surface area contributed by atoms with Crippen molar-refractivity contribution in [3.05, 3.63) is 34.3 Å². The summed E-state index contributed by atoms with van der Waals surface area (Å²) in [5.41, 5.74) is 1.25. The van der Waals surface area contributed by atoms with Crippen molar-refractivity contribution in [2.45, 2.75) is 25.7 Å². The molecule has 0 heterocycles. The van der Waals surface area contributed by atoms with Crippen molar-refractivity contribution in [3.8, 4) is 0 Å². The number of hydrogen-bond acceptors (Lipinski definition) is 2. The van der Waals surface area contributed by atoms with Crippen molar-refractivity contribution in [1.82, 2.24) is 4.90 Å². The molecule has 5 heteroatoms. The third kappa shape index (κ3) is 7.06. The number of ether oxygens (including phenoxy) is 1. The molecule has 0 radical (unpaired) electrons. The second kappa shape index (κ2) is 9.14. The lowest BCUT2D eigenvalue weighted by molar-refractivity contribution is 0.0936. The van der Waals surface area contributed by atoms with Crippen LogP contribution in [0.2, 0.25) is 0 Å². The molecule has 0 unspecified atom stereocenters. The minimum absolute atomic E-state index is 0.138. The molecule has 1 aromatic rings. The Morgan fingerprint density at radius 3 is 2.67 bits per heavy atom. The van der Waals surface area contributed by atoms with E-state index in [1.165, 1.54) is 24.8 Å². The van der Waals surface area contributed by atoms with Gasteiger partial charge in [0.25, 0.3) is 0 Å². The molecule has 0 bridgehead atoms. The molecule has 0 aliphatic heterocycles. The summed E-state index contributed by atoms with van der Waals surface area (Å²) in [5, 5.41) is 0. The molecule has 0 spiro atoms. The van der Waals surface area contributed by atoms with Gasteiger partial charge in [-0.25, -0.2) is 14.8 Å². The first kappa shape index (κ1) is 19.6. The molecule has 1 fully saturated rings. The fraction of sp³-hybridized carbons (Fsp3) is 0.632. The van der Waals surface area contributed by atoms with Crippen LogP contribution in [0.25, 0.3) is 0 Å². The summed E-state index contributed by atoms with van der Waals surface area (Å²) in [7, 11) is -0.623. The van der Waals surface area contributed by atoms with Crippen LogP contribution in [0.4, 0.5) is 4.79 Å². The number of carbonyl (C=O) groups is 1. The topological polar surface area (TPSA) is 29.5 Å². The van der Waals surface area contributed by atoms with E-state index in [4.69, 9.17) is 4.74 Å². The van der Waals surface area contributed by atoms with Gasteiger partial charge in [-0.05, 0) is 61.6 Å². The monoisotopic (exact) mass is 415 g/mol. The smallest absolute Gasteiger partial charge is 0.409 e. The molecule has 1 aliphatic carbocycles. The van der Waals surface area contributed by atoms with Gasteiger partial charge in [0, 0.05) is 23.3 Å². The van der Waals surface area contributed by atoms with E-state index in [0.717, 1.165) is 29.7 Å². The van der Waals surface area contributed by atoms with Gasteiger partial charge in [0.15, 0.2) is 0 Å². The zero-order valence-corrected chi connectivity index (χ0v) is 17.5. The number of hydrogen-bond donors (Lipinski definition) is 0. The lowest BCUT2D eigenvalue weighted by Gasteiger charge is -2.32. The Hall–Kier alpha value is -0.680. The summed E-state index contributed by atoms with van der Waals surface area (Å²) in [6, 6.07) is 8.30. The third-order valence-corrected chi connectivity index (χ3v) is 6.33. The normalized spacial score (nSPS) is 15.7. The summed E-state index contributed by atoms with van der Waals surface area (Å²) in [4.78, 5) is 14.4. The Kier molecular flexibility index (Phi) is 7.48. The molecular formula is C19H30BrNO2S. The van der Waals surface area contributed by atoms with E-state index < -0.39 is 10.0 Å². The highest BCUT2D eigenvalue weighted by Gasteiger charge is 2.24. The lowest BCUT2D eigenvalue weighted by Crippen LogP contribution is -2.39. The van der Waals surface area contributed by atoms with Crippen LogP contribution < -0.4 is 0 Å². The Bertz CT molecular complexity index is 540. The van der Waals surface area contributed by atoms with Gasteiger partial charge < -0.3 is 9.64 Å². The highest BCUT2D eigenvalue weighted by Crippen LogP contribution is 2.33. The van der Waals surface area contributed by atoms with Gasteiger partial charge in [-0.15, -0.1) is 0 Å². The second-order valence-corrected chi connectivity index (χ2v) is 13.0. The highest BCUT2D eigenvalue weighted by atomic mass is 79.9. The molecule has 0 aromatic heterocycles. The average Bonchev–Trinajstić information content (AvgIpc) is 2.44. The van der Waals surface area contributed by atoms with Crippen LogP contribution >= 0.6 is 26.0 Å². The van der Waals surface area contributed by atoms with Crippen molar-refractivity contribution in [1.29, 1.82) is 0 Å². The van der Waals surface area contributed by atoms with E-state index in [-0.39, 0.29) is 6.09 Å². The first-order valence-corrected chi connectivity index (χ1v) is 12.5. The van der Waals surface area contributed by atoms with Crippen LogP contribution in [0.1, 0.15) is 24.8 Å². The van der Waals surface area contributed by atoms with Gasteiger partial charge in [0.2, 0.25) is 0 Å². The largest absolute Gasteiger partial charge is 0.449 e. The van der Waals surface area contributed by atoms with Crippen LogP contribution in [-0.2, 0) is 11.2 Å². The summed E-state index contributed by atoms with van der Waals surface area (Å²) in [5.74, 6) is 1.63. The van der Waals surface area contributed by atoms with E-state index in [1.807, 2.05) is 17.0 Å². The van der Waals surface area contributed by atoms with Crippen molar-refractivity contribution < 1.29 is 9.53 Å². The summed E-state index contributed by atoms with van der Waals surface area (Å²) in [6.07, 6.45) is 11.3. The van der Waals surface area contributed by atoms with E-state index >= 15 is 0 Å². The molecule has 1 saturated carbocycles. The highest BCUT2D eigenvalue weighted by molar-refractivity contribution is 9.10. The molecule has 0 atom stereocenters. The number of rotatable bonds is 8. The summed E-state index contributed by atoms with van der Waals surface area (Å²) < 4.78 is 6.64. The number of carbonyl (C=O) groups excluding carboxylic acids is 1. The van der Waals surface area contributed by atoms with E-state index in [0.29, 0.717) is 12.5 Å². The van der Waals surface area contributed by atoms with Crippen LogP contribution in [0.3, 0.4) is 0 Å². The number of halogens is 1. The fourth-order valence-electron chi connectivity index (χ4n) is 2.67. The van der Waals surface area contributed by atoms with Crippen molar-refractivity contribution in [3.63, 3.8) is 0 Å². The van der Waals surface area contributed by atoms with Gasteiger partial charge in [-0.1, -0.05) is 34.5 Å². The number of benzene rings is 1. The van der Waals surface area contributed by atoms with Crippen molar-refractivity contribution in [2.24, 2.45) is 5.92 Å². The SMILES string of the molecule is CS(C)(C)CCOC(=O)N(CCc1cccc(Br)c1)CC1CCC1. The number of amides is 1. The van der Waals surface area contributed by atoms with Crippen molar-refractivity contribution >= 4 is 32.1 Å². The van der Waals surface area contributed by atoms with Gasteiger partial charge in [-0.3, -0.25) is 0 Å². The molecule has 1 amide bonds. The molecule has 2 rings (SSSR count). The Labute approximate surface area is 156 Å². The van der Waals surface area contributed by atoms with Gasteiger partial charge in [-0.2, -0.15) is 0 Å². The maximum atomic E-state index is 12.5. The van der Waals surface area contributed by atoms with Gasteiger partial charge in [0.05, 0.1) is 0 Å². The lowest BCUT2D eigenvalue weighted by atomic mass is 9.85. The molecule has 1 aromatic carbocycles. The molecule has 0 N–H and O–H groups in total. The van der Waals surface area contributed by atoms with Crippen molar-refractivity contribution in [2.75, 3.05) is 44.2 Å². The predicted molar refractivity (Wildman–Crippen MR) is 108 cm³/mol. The first-order valence-electron chi connectivity index (χ1n) is 8.66. The minimum atomic E-state index is -0.623. The average molecular weight is 416 g/mol. The van der Waals surface area contributed by atoms with Gasteiger partial charge in [0.1, 0.15) is 6.61 Å².